The zero-order chi connectivity index (χ0) is 23.5. The average Bonchev–Trinajstić information content (AvgIpc) is 3.39. The van der Waals surface area contributed by atoms with E-state index in [4.69, 9.17) is 17.3 Å². The van der Waals surface area contributed by atoms with Gasteiger partial charge in [-0.3, -0.25) is 9.36 Å². The minimum Gasteiger partial charge on any atom is -0.330 e. The predicted molar refractivity (Wildman–Crippen MR) is 142 cm³/mol. The SMILES string of the molecule is Cc1nn(Cc2ccccc2)c(C)c1NC(=S)Nc1cnn(Cc2cccc3ccccc23)c1. The Morgan fingerprint density at radius 1 is 0.882 bits per heavy atom. The third-order valence-electron chi connectivity index (χ3n) is 5.90. The number of nitrogens with zero attached hydrogens (tertiary/aromatic N) is 4. The van der Waals surface area contributed by atoms with Crippen LogP contribution in [0, 0.1) is 13.8 Å². The van der Waals surface area contributed by atoms with Gasteiger partial charge in [0.1, 0.15) is 0 Å². The summed E-state index contributed by atoms with van der Waals surface area (Å²) in [7, 11) is 0. The maximum Gasteiger partial charge on any atom is 0.175 e. The van der Waals surface area contributed by atoms with Crippen molar-refractivity contribution in [3.05, 3.63) is 108 Å². The lowest BCUT2D eigenvalue weighted by Gasteiger charge is -2.10. The molecule has 0 aliphatic heterocycles. The molecule has 0 atom stereocenters. The van der Waals surface area contributed by atoms with Crippen molar-refractivity contribution in [3.63, 3.8) is 0 Å². The van der Waals surface area contributed by atoms with Crippen molar-refractivity contribution in [1.82, 2.24) is 19.6 Å². The normalized spacial score (nSPS) is 11.0. The highest BCUT2D eigenvalue weighted by Gasteiger charge is 2.13. The Labute approximate surface area is 204 Å². The molecule has 7 heteroatoms. The molecule has 170 valence electrons. The molecule has 0 unspecified atom stereocenters. The molecule has 0 saturated carbocycles. The number of benzene rings is 3. The number of thiocarbonyl (C=S) groups is 1. The molecule has 34 heavy (non-hydrogen) atoms. The predicted octanol–water partition coefficient (Wildman–Crippen LogP) is 5.76. The highest BCUT2D eigenvalue weighted by Crippen LogP contribution is 2.22. The van der Waals surface area contributed by atoms with Crippen molar-refractivity contribution >= 4 is 39.5 Å². The third-order valence-corrected chi connectivity index (χ3v) is 6.10. The van der Waals surface area contributed by atoms with Gasteiger partial charge in [0.2, 0.25) is 0 Å². The Balaban J connectivity index is 1.25. The van der Waals surface area contributed by atoms with E-state index in [0.717, 1.165) is 29.3 Å². The van der Waals surface area contributed by atoms with E-state index < -0.39 is 0 Å². The lowest BCUT2D eigenvalue weighted by atomic mass is 10.0. The third kappa shape index (κ3) is 4.70. The van der Waals surface area contributed by atoms with Crippen molar-refractivity contribution < 1.29 is 0 Å². The van der Waals surface area contributed by atoms with Crippen molar-refractivity contribution in [2.45, 2.75) is 26.9 Å². The molecule has 3 aromatic carbocycles. The Kier molecular flexibility index (Phi) is 6.10. The quantitative estimate of drug-likeness (QED) is 0.312. The average molecular weight is 467 g/mol. The second-order valence-corrected chi connectivity index (χ2v) is 8.74. The number of hydrogen-bond acceptors (Lipinski definition) is 3. The molecular weight excluding hydrogens is 440 g/mol. The summed E-state index contributed by atoms with van der Waals surface area (Å²) < 4.78 is 3.92. The maximum absolute atomic E-state index is 5.58. The maximum atomic E-state index is 5.58. The van der Waals surface area contributed by atoms with Gasteiger partial charge in [0.15, 0.2) is 5.11 Å². The standard InChI is InChI=1S/C27H26N6S/c1-19-26(20(2)33(31-19)16-21-9-4-3-5-10-21)30-27(34)29-24-15-28-32(18-24)17-23-13-8-12-22-11-6-7-14-25(22)23/h3-15,18H,16-17H2,1-2H3,(H2,29,30,34). The lowest BCUT2D eigenvalue weighted by molar-refractivity contribution is 0.659. The summed E-state index contributed by atoms with van der Waals surface area (Å²) in [6, 6.07) is 25.1. The van der Waals surface area contributed by atoms with Gasteiger partial charge < -0.3 is 10.6 Å². The van der Waals surface area contributed by atoms with E-state index in [2.05, 4.69) is 77.3 Å². The monoisotopic (exact) mass is 466 g/mol. The summed E-state index contributed by atoms with van der Waals surface area (Å²) in [4.78, 5) is 0. The van der Waals surface area contributed by atoms with Crippen LogP contribution in [0.5, 0.6) is 0 Å². The number of aromatic nitrogens is 4. The molecule has 0 amide bonds. The van der Waals surface area contributed by atoms with Gasteiger partial charge in [-0.2, -0.15) is 10.2 Å². The van der Waals surface area contributed by atoms with E-state index in [1.54, 1.807) is 6.20 Å². The second kappa shape index (κ2) is 9.49. The van der Waals surface area contributed by atoms with E-state index in [1.807, 2.05) is 40.7 Å². The minimum absolute atomic E-state index is 0.509. The molecule has 0 radical (unpaired) electrons. The van der Waals surface area contributed by atoms with E-state index in [9.17, 15) is 0 Å². The van der Waals surface area contributed by atoms with Crippen LogP contribution in [-0.2, 0) is 13.1 Å². The molecule has 2 N–H and O–H groups in total. The van der Waals surface area contributed by atoms with E-state index in [0.29, 0.717) is 11.7 Å². The van der Waals surface area contributed by atoms with Crippen molar-refractivity contribution in [2.24, 2.45) is 0 Å². The smallest absolute Gasteiger partial charge is 0.175 e. The molecule has 0 aliphatic rings. The molecule has 0 saturated heterocycles. The molecule has 2 heterocycles. The van der Waals surface area contributed by atoms with Crippen molar-refractivity contribution in [1.29, 1.82) is 0 Å². The minimum atomic E-state index is 0.509. The van der Waals surface area contributed by atoms with Crippen LogP contribution in [0.1, 0.15) is 22.5 Å². The van der Waals surface area contributed by atoms with Crippen molar-refractivity contribution in [3.8, 4) is 0 Å². The van der Waals surface area contributed by atoms with Gasteiger partial charge in [-0.1, -0.05) is 72.8 Å². The van der Waals surface area contributed by atoms with E-state index in [1.165, 1.54) is 21.9 Å². The number of nitrogens with one attached hydrogen (secondary N) is 2. The van der Waals surface area contributed by atoms with Gasteiger partial charge in [0, 0.05) is 6.20 Å². The first-order chi connectivity index (χ1) is 16.6. The zero-order valence-electron chi connectivity index (χ0n) is 19.2. The number of anilines is 2. The van der Waals surface area contributed by atoms with Crippen LogP contribution < -0.4 is 10.6 Å². The summed E-state index contributed by atoms with van der Waals surface area (Å²) in [5.41, 5.74) is 6.15. The van der Waals surface area contributed by atoms with E-state index in [-0.39, 0.29) is 0 Å². The van der Waals surface area contributed by atoms with E-state index >= 15 is 0 Å². The van der Waals surface area contributed by atoms with Gasteiger partial charge in [-0.25, -0.2) is 0 Å². The summed E-state index contributed by atoms with van der Waals surface area (Å²) in [6.45, 7) is 5.45. The fourth-order valence-electron chi connectivity index (χ4n) is 4.18. The summed E-state index contributed by atoms with van der Waals surface area (Å²) in [5.74, 6) is 0. The van der Waals surface area contributed by atoms with Crippen LogP contribution >= 0.6 is 12.2 Å². The molecule has 6 nitrogen and oxygen atoms in total. The first-order valence-corrected chi connectivity index (χ1v) is 11.6. The number of aryl methyl sites for hydroxylation is 1. The second-order valence-electron chi connectivity index (χ2n) is 8.33. The van der Waals surface area contributed by atoms with Gasteiger partial charge in [-0.15, -0.1) is 0 Å². The summed E-state index contributed by atoms with van der Waals surface area (Å²) >= 11 is 5.58. The highest BCUT2D eigenvalue weighted by molar-refractivity contribution is 7.80. The molecule has 0 bridgehead atoms. The van der Waals surface area contributed by atoms with Crippen LogP contribution in [0.2, 0.25) is 0 Å². The Morgan fingerprint density at radius 3 is 2.50 bits per heavy atom. The van der Waals surface area contributed by atoms with Crippen LogP contribution in [0.3, 0.4) is 0 Å². The summed E-state index contributed by atoms with van der Waals surface area (Å²) in [6.07, 6.45) is 3.76. The van der Waals surface area contributed by atoms with Crippen LogP contribution in [0.4, 0.5) is 11.4 Å². The fourth-order valence-corrected chi connectivity index (χ4v) is 4.40. The van der Waals surface area contributed by atoms with Crippen LogP contribution in [-0.4, -0.2) is 24.7 Å². The number of rotatable bonds is 6. The number of hydrogen-bond donors (Lipinski definition) is 2. The Bertz CT molecular complexity index is 1450. The van der Waals surface area contributed by atoms with Gasteiger partial charge in [0.25, 0.3) is 0 Å². The van der Waals surface area contributed by atoms with Crippen molar-refractivity contribution in [2.75, 3.05) is 10.6 Å². The first kappa shape index (κ1) is 21.9. The lowest BCUT2D eigenvalue weighted by Crippen LogP contribution is -2.19. The first-order valence-electron chi connectivity index (χ1n) is 11.2. The molecular formula is C27H26N6S. The molecule has 0 spiro atoms. The van der Waals surface area contributed by atoms with Crippen LogP contribution in [0.25, 0.3) is 10.8 Å². The Hall–Kier alpha value is -3.97. The highest BCUT2D eigenvalue weighted by atomic mass is 32.1. The molecule has 5 rings (SSSR count). The molecule has 2 aromatic heterocycles. The molecule has 0 fully saturated rings. The fraction of sp³-hybridized carbons (Fsp3) is 0.148. The molecule has 5 aromatic rings. The number of fused-ring (bicyclic) bond motifs is 1. The Morgan fingerprint density at radius 2 is 1.65 bits per heavy atom. The van der Waals surface area contributed by atoms with Crippen LogP contribution in [0.15, 0.2) is 85.2 Å². The topological polar surface area (TPSA) is 59.7 Å². The zero-order valence-corrected chi connectivity index (χ0v) is 20.0. The van der Waals surface area contributed by atoms with Gasteiger partial charge in [0.05, 0.1) is 42.0 Å². The summed E-state index contributed by atoms with van der Waals surface area (Å²) in [5, 5.41) is 18.8. The molecule has 0 aliphatic carbocycles. The van der Waals surface area contributed by atoms with Gasteiger partial charge in [-0.05, 0) is 48.0 Å². The largest absolute Gasteiger partial charge is 0.330 e. The van der Waals surface area contributed by atoms with Gasteiger partial charge >= 0.3 is 0 Å².